The van der Waals surface area contributed by atoms with E-state index in [0.717, 1.165) is 6.04 Å². The molecule has 0 atom stereocenters. The van der Waals surface area contributed by atoms with Gasteiger partial charge in [0.1, 0.15) is 0 Å². The molecule has 0 N–H and O–H groups in total. The highest BCUT2D eigenvalue weighted by molar-refractivity contribution is 6.65. The van der Waals surface area contributed by atoms with Crippen molar-refractivity contribution in [1.29, 1.82) is 0 Å². The molecule has 0 radical (unpaired) electrons. The first-order valence-electron chi connectivity index (χ1n) is 15.9. The predicted molar refractivity (Wildman–Crippen MR) is 160 cm³/mol. The molecule has 0 unspecified atom stereocenters. The van der Waals surface area contributed by atoms with E-state index < -0.39 is 8.56 Å². The fraction of sp³-hybridized carbons (Fsp3) is 1.00. The Labute approximate surface area is 236 Å². The van der Waals surface area contributed by atoms with E-state index in [0.29, 0.717) is 0 Å². The van der Waals surface area contributed by atoms with Crippen molar-refractivity contribution in [2.75, 3.05) is 40.9 Å². The Bertz CT molecular complexity index is 411. The van der Waals surface area contributed by atoms with Crippen LogP contribution in [0.3, 0.4) is 0 Å². The van der Waals surface area contributed by atoms with Crippen molar-refractivity contribution in [3.8, 4) is 0 Å². The Morgan fingerprint density at radius 1 is 0.472 bits per heavy atom. The van der Waals surface area contributed by atoms with Crippen molar-refractivity contribution in [3.63, 3.8) is 0 Å². The van der Waals surface area contributed by atoms with E-state index in [2.05, 4.69) is 27.4 Å². The Kier molecular flexibility index (Phi) is 28.9. The van der Waals surface area contributed by atoms with Crippen LogP contribution in [0.5, 0.6) is 0 Å². The van der Waals surface area contributed by atoms with Gasteiger partial charge in [0, 0.05) is 14.2 Å². The van der Waals surface area contributed by atoms with Crippen LogP contribution in [0.25, 0.3) is 0 Å². The number of unbranched alkanes of at least 4 members (excludes halogenated alkanes) is 18. The summed E-state index contributed by atoms with van der Waals surface area (Å²) in [6.07, 6.45) is 29.8. The summed E-state index contributed by atoms with van der Waals surface area (Å²) in [5.74, 6) is 0. The topological polar surface area (TPSA) is 18.5 Å². The molecule has 36 heavy (non-hydrogen) atoms. The smallest absolute Gasteiger partial charge is 0.334 e. The third-order valence-corrected chi connectivity index (χ3v) is 11.3. The zero-order valence-corrected chi connectivity index (χ0v) is 27.6. The molecule has 0 amide bonds. The van der Waals surface area contributed by atoms with Gasteiger partial charge in [-0.15, -0.1) is 0 Å². The summed E-state index contributed by atoms with van der Waals surface area (Å²) in [7, 11) is 4.25. The molecule has 0 aliphatic rings. The van der Waals surface area contributed by atoms with E-state index in [-0.39, 0.29) is 12.4 Å². The molecule has 0 aliphatic heterocycles. The first kappa shape index (κ1) is 38.5. The molecule has 0 bridgehead atoms. The lowest BCUT2D eigenvalue weighted by Crippen LogP contribution is -3.00. The summed E-state index contributed by atoms with van der Waals surface area (Å²) in [6, 6.07) is 1.11. The van der Waals surface area contributed by atoms with Crippen LogP contribution in [0.15, 0.2) is 0 Å². The molecule has 0 saturated carbocycles. The standard InChI is InChI=1S/C31H68NO2Si.ClH/c1-7-9-11-13-15-17-19-21-23-25-28-32(3,30-27-31-35(6,33-4)34-5)29-26-24-22-20-18-16-14-12-10-8-2;/h7-31H2,1-6H3;1H/q+1;/p-1. The third kappa shape index (κ3) is 23.5. The molecule has 0 aromatic carbocycles. The molecule has 0 aliphatic carbocycles. The lowest BCUT2D eigenvalue weighted by molar-refractivity contribution is -0.910. The Balaban J connectivity index is 0. The minimum absolute atomic E-state index is 0. The van der Waals surface area contributed by atoms with Crippen molar-refractivity contribution >= 4 is 8.56 Å². The van der Waals surface area contributed by atoms with Gasteiger partial charge in [0.2, 0.25) is 0 Å². The largest absolute Gasteiger partial charge is 1.00 e. The van der Waals surface area contributed by atoms with Crippen LogP contribution in [0, 0.1) is 0 Å². The molecule has 0 heterocycles. The molecule has 0 fully saturated rings. The van der Waals surface area contributed by atoms with Crippen molar-refractivity contribution in [2.24, 2.45) is 0 Å². The van der Waals surface area contributed by atoms with Gasteiger partial charge in [-0.1, -0.05) is 117 Å². The average Bonchev–Trinajstić information content (AvgIpc) is 2.86. The van der Waals surface area contributed by atoms with Gasteiger partial charge in [-0.3, -0.25) is 0 Å². The maximum absolute atomic E-state index is 5.75. The zero-order valence-electron chi connectivity index (χ0n) is 25.8. The second-order valence-electron chi connectivity index (χ2n) is 11.8. The van der Waals surface area contributed by atoms with Gasteiger partial charge in [-0.25, -0.2) is 0 Å². The molecule has 0 saturated heterocycles. The summed E-state index contributed by atoms with van der Waals surface area (Å²) in [4.78, 5) is 0. The van der Waals surface area contributed by atoms with Crippen molar-refractivity contribution in [1.82, 2.24) is 0 Å². The third-order valence-electron chi connectivity index (χ3n) is 8.30. The fourth-order valence-electron chi connectivity index (χ4n) is 5.37. The van der Waals surface area contributed by atoms with Crippen LogP contribution in [-0.4, -0.2) is 53.9 Å². The molecule has 220 valence electrons. The maximum atomic E-state index is 5.75. The molecular weight excluding hydrogens is 482 g/mol. The molecule has 5 heteroatoms. The maximum Gasteiger partial charge on any atom is 0.334 e. The van der Waals surface area contributed by atoms with Crippen LogP contribution in [0.1, 0.15) is 149 Å². The minimum atomic E-state index is -1.94. The van der Waals surface area contributed by atoms with Gasteiger partial charge in [0.05, 0.1) is 26.7 Å². The van der Waals surface area contributed by atoms with Crippen molar-refractivity contribution < 1.29 is 25.7 Å². The monoisotopic (exact) mass is 549 g/mol. The Hall–Kier alpha value is 0.387. The molecular formula is C31H68ClNO2Si. The Morgan fingerprint density at radius 2 is 0.750 bits per heavy atom. The highest BCUT2D eigenvalue weighted by atomic mass is 35.5. The van der Waals surface area contributed by atoms with Crippen molar-refractivity contribution in [3.05, 3.63) is 0 Å². The van der Waals surface area contributed by atoms with E-state index in [1.165, 1.54) is 159 Å². The number of quaternary nitrogens is 1. The van der Waals surface area contributed by atoms with Crippen LogP contribution in [-0.2, 0) is 8.85 Å². The lowest BCUT2D eigenvalue weighted by Gasteiger charge is -2.36. The summed E-state index contributed by atoms with van der Waals surface area (Å²) < 4.78 is 12.7. The van der Waals surface area contributed by atoms with Crippen LogP contribution in [0.2, 0.25) is 12.6 Å². The normalized spacial score (nSPS) is 12.2. The molecule has 3 nitrogen and oxygen atoms in total. The van der Waals surface area contributed by atoms with Gasteiger partial charge < -0.3 is 25.7 Å². The molecule has 0 aromatic heterocycles. The van der Waals surface area contributed by atoms with Gasteiger partial charge in [-0.2, -0.15) is 0 Å². The molecule has 0 spiro atoms. The number of rotatable bonds is 28. The van der Waals surface area contributed by atoms with Gasteiger partial charge in [-0.05, 0) is 44.7 Å². The van der Waals surface area contributed by atoms with E-state index >= 15 is 0 Å². The number of hydrogen-bond donors (Lipinski definition) is 0. The zero-order chi connectivity index (χ0) is 26.1. The van der Waals surface area contributed by atoms with E-state index in [1.54, 1.807) is 0 Å². The fourth-order valence-corrected chi connectivity index (χ4v) is 6.74. The van der Waals surface area contributed by atoms with Crippen molar-refractivity contribution in [2.45, 2.75) is 161 Å². The summed E-state index contributed by atoms with van der Waals surface area (Å²) in [5, 5.41) is 0. The minimum Gasteiger partial charge on any atom is -1.00 e. The summed E-state index contributed by atoms with van der Waals surface area (Å²) in [5.41, 5.74) is 0. The van der Waals surface area contributed by atoms with Gasteiger partial charge in [0.15, 0.2) is 0 Å². The molecule has 0 aromatic rings. The second-order valence-corrected chi connectivity index (χ2v) is 15.4. The van der Waals surface area contributed by atoms with E-state index in [4.69, 9.17) is 8.85 Å². The SMILES string of the molecule is CCCCCCCCCCCC[N+](C)(CCCCCCCCCCCC)CCC[Si](C)(OC)OC.[Cl-]. The highest BCUT2D eigenvalue weighted by Crippen LogP contribution is 2.19. The Morgan fingerprint density at radius 3 is 1.06 bits per heavy atom. The van der Waals surface area contributed by atoms with Crippen LogP contribution < -0.4 is 12.4 Å². The quantitative estimate of drug-likeness (QED) is 0.0592. The average molecular weight is 550 g/mol. The highest BCUT2D eigenvalue weighted by Gasteiger charge is 2.30. The summed E-state index contributed by atoms with van der Waals surface area (Å²) >= 11 is 0. The number of nitrogens with zero attached hydrogens (tertiary/aromatic N) is 1. The summed E-state index contributed by atoms with van der Waals surface area (Å²) in [6.45, 7) is 10.8. The van der Waals surface area contributed by atoms with Gasteiger partial charge >= 0.3 is 8.56 Å². The lowest BCUT2D eigenvalue weighted by atomic mass is 10.1. The molecule has 0 rings (SSSR count). The van der Waals surface area contributed by atoms with Crippen LogP contribution >= 0.6 is 0 Å². The second kappa shape index (κ2) is 27.0. The first-order valence-corrected chi connectivity index (χ1v) is 18.4. The van der Waals surface area contributed by atoms with Crippen LogP contribution in [0.4, 0.5) is 0 Å². The number of hydrogen-bond acceptors (Lipinski definition) is 2. The predicted octanol–water partition coefficient (Wildman–Crippen LogP) is 7.03. The van der Waals surface area contributed by atoms with E-state index in [9.17, 15) is 0 Å². The van der Waals surface area contributed by atoms with Gasteiger partial charge in [0.25, 0.3) is 0 Å². The van der Waals surface area contributed by atoms with E-state index in [1.807, 2.05) is 14.2 Å². The first-order chi connectivity index (χ1) is 16.9. The number of halogens is 1.